The molecule has 0 saturated heterocycles. The molecular formula is C23H27N3O5. The Morgan fingerprint density at radius 2 is 1.97 bits per heavy atom. The van der Waals surface area contributed by atoms with Crippen molar-refractivity contribution >= 4 is 23.2 Å². The number of nitrogens with one attached hydrogen (secondary N) is 2. The molecule has 31 heavy (non-hydrogen) atoms. The van der Waals surface area contributed by atoms with Crippen molar-refractivity contribution in [3.8, 4) is 17.2 Å². The Hall–Kier alpha value is -3.55. The molecule has 1 aliphatic heterocycles. The molecule has 1 heterocycles. The van der Waals surface area contributed by atoms with Gasteiger partial charge in [-0.3, -0.25) is 9.59 Å². The lowest BCUT2D eigenvalue weighted by Crippen LogP contribution is -2.25. The maximum Gasteiger partial charge on any atom is 0.271 e. The molecule has 1 aliphatic rings. The number of nitrogens with zero attached hydrogens (tertiary/aromatic N) is 1. The van der Waals surface area contributed by atoms with Crippen LogP contribution in [-0.2, 0) is 4.79 Å². The molecule has 0 saturated carbocycles. The number of methoxy groups -OCH3 is 1. The lowest BCUT2D eigenvalue weighted by atomic mass is 10.1. The summed E-state index contributed by atoms with van der Waals surface area (Å²) in [7, 11) is 1.53. The van der Waals surface area contributed by atoms with E-state index in [9.17, 15) is 9.59 Å². The molecule has 0 atom stereocenters. The zero-order valence-electron chi connectivity index (χ0n) is 18.2. The highest BCUT2D eigenvalue weighted by molar-refractivity contribution is 6.03. The average molecular weight is 425 g/mol. The molecule has 8 nitrogen and oxygen atoms in total. The van der Waals surface area contributed by atoms with Gasteiger partial charge >= 0.3 is 0 Å². The van der Waals surface area contributed by atoms with Gasteiger partial charge in [0.05, 0.1) is 25.1 Å². The fourth-order valence-electron chi connectivity index (χ4n) is 2.90. The van der Waals surface area contributed by atoms with E-state index in [1.807, 2.05) is 6.07 Å². The van der Waals surface area contributed by atoms with Crippen LogP contribution in [0.2, 0.25) is 0 Å². The first kappa shape index (κ1) is 22.1. The maximum absolute atomic E-state index is 12.5. The molecular weight excluding hydrogens is 398 g/mol. The number of anilines is 1. The molecule has 0 fully saturated rings. The van der Waals surface area contributed by atoms with Crippen molar-refractivity contribution in [3.05, 3.63) is 47.5 Å². The smallest absolute Gasteiger partial charge is 0.271 e. The first-order valence-corrected chi connectivity index (χ1v) is 10.1. The number of hydrogen-bond acceptors (Lipinski definition) is 6. The fourth-order valence-corrected chi connectivity index (χ4v) is 2.90. The fraction of sp³-hybridized carbons (Fsp3) is 0.348. The van der Waals surface area contributed by atoms with Gasteiger partial charge in [0.1, 0.15) is 5.75 Å². The van der Waals surface area contributed by atoms with Crippen LogP contribution in [0.15, 0.2) is 41.5 Å². The van der Waals surface area contributed by atoms with E-state index in [0.717, 1.165) is 12.0 Å². The Kier molecular flexibility index (Phi) is 7.12. The Morgan fingerprint density at radius 1 is 1.19 bits per heavy atom. The summed E-state index contributed by atoms with van der Waals surface area (Å²) in [5, 5.41) is 6.93. The number of carbonyl (C=O) groups excluding carboxylic acids is 2. The molecule has 164 valence electrons. The average Bonchev–Trinajstić information content (AvgIpc) is 2.76. The number of hydrazone groups is 1. The lowest BCUT2D eigenvalue weighted by molar-refractivity contribution is -0.118. The summed E-state index contributed by atoms with van der Waals surface area (Å²) in [6.07, 6.45) is 0.928. The standard InChI is InChI=1S/C23H27N3O5/c1-14(2)9-10-30-20-8-6-17(12-21(20)29-4)23(28)26-25-15(3)16-5-7-19-18(11-16)24-22(27)13-31-19/h5-8,11-12,14H,9-10,13H2,1-4H3,(H,24,27)(H,26,28)/b25-15-. The monoisotopic (exact) mass is 425 g/mol. The van der Waals surface area contributed by atoms with Gasteiger partial charge in [-0.25, -0.2) is 5.43 Å². The van der Waals surface area contributed by atoms with Gasteiger partial charge < -0.3 is 19.5 Å². The number of ether oxygens (including phenoxy) is 3. The van der Waals surface area contributed by atoms with Crippen molar-refractivity contribution in [2.75, 3.05) is 25.6 Å². The van der Waals surface area contributed by atoms with Crippen molar-refractivity contribution in [1.29, 1.82) is 0 Å². The Balaban J connectivity index is 1.67. The van der Waals surface area contributed by atoms with Crippen molar-refractivity contribution < 1.29 is 23.8 Å². The summed E-state index contributed by atoms with van der Waals surface area (Å²) in [5.41, 5.74) is 4.85. The second kappa shape index (κ2) is 9.97. The van der Waals surface area contributed by atoms with Crippen LogP contribution >= 0.6 is 0 Å². The molecule has 2 N–H and O–H groups in total. The molecule has 2 aromatic carbocycles. The molecule has 0 aliphatic carbocycles. The van der Waals surface area contributed by atoms with Crippen molar-refractivity contribution in [2.45, 2.75) is 27.2 Å². The molecule has 2 amide bonds. The first-order chi connectivity index (χ1) is 14.9. The predicted molar refractivity (Wildman–Crippen MR) is 118 cm³/mol. The van der Waals surface area contributed by atoms with Crippen LogP contribution in [0.1, 0.15) is 43.1 Å². The highest BCUT2D eigenvalue weighted by Crippen LogP contribution is 2.29. The summed E-state index contributed by atoms with van der Waals surface area (Å²) in [6.45, 7) is 6.60. The van der Waals surface area contributed by atoms with Crippen molar-refractivity contribution in [3.63, 3.8) is 0 Å². The normalized spacial score (nSPS) is 13.2. The summed E-state index contributed by atoms with van der Waals surface area (Å²) < 4.78 is 16.5. The number of benzene rings is 2. The molecule has 3 rings (SSSR count). The van der Waals surface area contributed by atoms with Gasteiger partial charge in [0, 0.05) is 5.56 Å². The van der Waals surface area contributed by atoms with Gasteiger partial charge in [-0.1, -0.05) is 13.8 Å². The lowest BCUT2D eigenvalue weighted by Gasteiger charge is -2.18. The predicted octanol–water partition coefficient (Wildman–Crippen LogP) is 3.61. The van der Waals surface area contributed by atoms with E-state index in [2.05, 4.69) is 29.7 Å². The van der Waals surface area contributed by atoms with Gasteiger partial charge in [-0.05, 0) is 61.2 Å². The zero-order valence-corrected chi connectivity index (χ0v) is 18.2. The van der Waals surface area contributed by atoms with Crippen molar-refractivity contribution in [2.24, 2.45) is 11.0 Å². The molecule has 0 radical (unpaired) electrons. The van der Waals surface area contributed by atoms with Crippen LogP contribution in [0.3, 0.4) is 0 Å². The SMILES string of the molecule is COc1cc(C(=O)N/N=C(/C)c2ccc3c(c2)NC(=O)CO3)ccc1OCCC(C)C. The number of rotatable bonds is 8. The third-order valence-corrected chi connectivity index (χ3v) is 4.73. The van der Waals surface area contributed by atoms with Crippen LogP contribution in [0.5, 0.6) is 17.2 Å². The summed E-state index contributed by atoms with van der Waals surface area (Å²) in [4.78, 5) is 24.0. The first-order valence-electron chi connectivity index (χ1n) is 10.1. The summed E-state index contributed by atoms with van der Waals surface area (Å²) in [5.74, 6) is 1.64. The van der Waals surface area contributed by atoms with Crippen LogP contribution < -0.4 is 25.0 Å². The molecule has 0 bridgehead atoms. The van der Waals surface area contributed by atoms with Gasteiger partial charge in [0.25, 0.3) is 11.8 Å². The van der Waals surface area contributed by atoms with Gasteiger partial charge in [0.15, 0.2) is 18.1 Å². The van der Waals surface area contributed by atoms with Crippen LogP contribution in [-0.4, -0.2) is 37.8 Å². The number of fused-ring (bicyclic) bond motifs is 1. The molecule has 0 unspecified atom stereocenters. The maximum atomic E-state index is 12.5. The number of hydrogen-bond donors (Lipinski definition) is 2. The summed E-state index contributed by atoms with van der Waals surface area (Å²) >= 11 is 0. The largest absolute Gasteiger partial charge is 0.493 e. The molecule has 8 heteroatoms. The van der Waals surface area contributed by atoms with E-state index in [1.165, 1.54) is 7.11 Å². The Morgan fingerprint density at radius 3 is 2.71 bits per heavy atom. The molecule has 2 aromatic rings. The second-order valence-corrected chi connectivity index (χ2v) is 7.58. The van der Waals surface area contributed by atoms with Gasteiger partial charge in [0.2, 0.25) is 0 Å². The van der Waals surface area contributed by atoms with E-state index in [4.69, 9.17) is 14.2 Å². The zero-order chi connectivity index (χ0) is 22.4. The minimum absolute atomic E-state index is 0.000490. The van der Waals surface area contributed by atoms with Crippen LogP contribution in [0.25, 0.3) is 0 Å². The van der Waals surface area contributed by atoms with Crippen LogP contribution in [0.4, 0.5) is 5.69 Å². The quantitative estimate of drug-likeness (QED) is 0.497. The van der Waals surface area contributed by atoms with E-state index in [0.29, 0.717) is 46.7 Å². The van der Waals surface area contributed by atoms with Crippen LogP contribution in [0, 0.1) is 5.92 Å². The second-order valence-electron chi connectivity index (χ2n) is 7.58. The highest BCUT2D eigenvalue weighted by Gasteiger charge is 2.17. The Bertz CT molecular complexity index is 1000. The minimum atomic E-state index is -0.374. The van der Waals surface area contributed by atoms with E-state index in [-0.39, 0.29) is 18.4 Å². The molecule has 0 spiro atoms. The summed E-state index contributed by atoms with van der Waals surface area (Å²) in [6, 6.07) is 10.3. The highest BCUT2D eigenvalue weighted by atomic mass is 16.5. The van der Waals surface area contributed by atoms with Gasteiger partial charge in [-0.2, -0.15) is 5.10 Å². The van der Waals surface area contributed by atoms with Crippen molar-refractivity contribution in [1.82, 2.24) is 5.43 Å². The third kappa shape index (κ3) is 5.75. The topological polar surface area (TPSA) is 98.2 Å². The number of amides is 2. The Labute approximate surface area is 181 Å². The van der Waals surface area contributed by atoms with E-state index >= 15 is 0 Å². The van der Waals surface area contributed by atoms with E-state index in [1.54, 1.807) is 37.3 Å². The molecule has 0 aromatic heterocycles. The van der Waals surface area contributed by atoms with E-state index < -0.39 is 0 Å². The van der Waals surface area contributed by atoms with Gasteiger partial charge in [-0.15, -0.1) is 0 Å². The number of carbonyl (C=O) groups is 2. The third-order valence-electron chi connectivity index (χ3n) is 4.73. The minimum Gasteiger partial charge on any atom is -0.493 e.